The van der Waals surface area contributed by atoms with Crippen LogP contribution in [0.5, 0.6) is 5.75 Å². The van der Waals surface area contributed by atoms with Crippen LogP contribution in [0, 0.1) is 0 Å². The molecule has 0 bridgehead atoms. The molecule has 0 amide bonds. The number of rotatable bonds is 3. The van der Waals surface area contributed by atoms with E-state index >= 15 is 0 Å². The van der Waals surface area contributed by atoms with Gasteiger partial charge >= 0.3 is 0 Å². The van der Waals surface area contributed by atoms with Crippen molar-refractivity contribution >= 4 is 34.6 Å². The van der Waals surface area contributed by atoms with Gasteiger partial charge in [-0.05, 0) is 44.3 Å². The van der Waals surface area contributed by atoms with E-state index < -0.39 is 0 Å². The summed E-state index contributed by atoms with van der Waals surface area (Å²) in [5.41, 5.74) is 0.837. The second-order valence-corrected chi connectivity index (χ2v) is 4.42. The minimum Gasteiger partial charge on any atom is -0.495 e. The molecule has 16 heavy (non-hydrogen) atoms. The van der Waals surface area contributed by atoms with E-state index in [2.05, 4.69) is 10.6 Å². The molecule has 88 valence electrons. The average Bonchev–Trinajstić information content (AvgIpc) is 2.16. The number of nitrogens with one attached hydrogen (secondary N) is 2. The summed E-state index contributed by atoms with van der Waals surface area (Å²) in [6.07, 6.45) is 0. The van der Waals surface area contributed by atoms with E-state index in [1.807, 2.05) is 19.9 Å². The smallest absolute Gasteiger partial charge is 0.170 e. The Morgan fingerprint density at radius 2 is 2.12 bits per heavy atom. The standard InChI is InChI=1S/C11H15ClN2OS/c1-7(2)13-11(16)14-8-4-5-10(15-3)9(12)6-8/h4-7H,1-3H3,(H2,13,14,16). The van der Waals surface area contributed by atoms with Gasteiger partial charge in [0.2, 0.25) is 0 Å². The molecule has 0 saturated carbocycles. The first-order valence-corrected chi connectivity index (χ1v) is 5.72. The van der Waals surface area contributed by atoms with Crippen molar-refractivity contribution in [3.8, 4) is 5.75 Å². The Morgan fingerprint density at radius 1 is 1.44 bits per heavy atom. The number of hydrogen-bond acceptors (Lipinski definition) is 2. The Kier molecular flexibility index (Phi) is 4.83. The third kappa shape index (κ3) is 3.87. The molecular formula is C11H15ClN2OS. The van der Waals surface area contributed by atoms with Crippen LogP contribution in [-0.2, 0) is 0 Å². The highest BCUT2D eigenvalue weighted by Gasteiger charge is 2.03. The quantitative estimate of drug-likeness (QED) is 0.817. The number of benzene rings is 1. The van der Waals surface area contributed by atoms with E-state index in [-0.39, 0.29) is 0 Å². The molecular weight excluding hydrogens is 244 g/mol. The van der Waals surface area contributed by atoms with Gasteiger partial charge in [-0.3, -0.25) is 0 Å². The van der Waals surface area contributed by atoms with E-state index in [9.17, 15) is 0 Å². The number of hydrogen-bond donors (Lipinski definition) is 2. The van der Waals surface area contributed by atoms with Crippen LogP contribution in [0.25, 0.3) is 0 Å². The molecule has 0 aliphatic carbocycles. The molecule has 0 aliphatic heterocycles. The lowest BCUT2D eigenvalue weighted by atomic mass is 10.3. The lowest BCUT2D eigenvalue weighted by Gasteiger charge is -2.13. The minimum atomic E-state index is 0.300. The van der Waals surface area contributed by atoms with Crippen LogP contribution in [0.3, 0.4) is 0 Å². The van der Waals surface area contributed by atoms with E-state index in [0.29, 0.717) is 21.9 Å². The molecule has 2 N–H and O–H groups in total. The number of methoxy groups -OCH3 is 1. The monoisotopic (exact) mass is 258 g/mol. The second kappa shape index (κ2) is 5.92. The van der Waals surface area contributed by atoms with E-state index in [1.54, 1.807) is 19.2 Å². The third-order valence-electron chi connectivity index (χ3n) is 1.83. The van der Waals surface area contributed by atoms with Gasteiger partial charge in [-0.25, -0.2) is 0 Å². The number of anilines is 1. The van der Waals surface area contributed by atoms with Crippen LogP contribution < -0.4 is 15.4 Å². The summed E-state index contributed by atoms with van der Waals surface area (Å²) in [7, 11) is 1.58. The summed E-state index contributed by atoms with van der Waals surface area (Å²) >= 11 is 11.1. The lowest BCUT2D eigenvalue weighted by molar-refractivity contribution is 0.415. The van der Waals surface area contributed by atoms with Crippen LogP contribution >= 0.6 is 23.8 Å². The van der Waals surface area contributed by atoms with Crippen LogP contribution in [0.15, 0.2) is 18.2 Å². The summed E-state index contributed by atoms with van der Waals surface area (Å²) < 4.78 is 5.06. The van der Waals surface area contributed by atoms with Crippen molar-refractivity contribution in [1.29, 1.82) is 0 Å². The highest BCUT2D eigenvalue weighted by Crippen LogP contribution is 2.27. The molecule has 0 saturated heterocycles. The van der Waals surface area contributed by atoms with Crippen LogP contribution in [0.1, 0.15) is 13.8 Å². The Balaban J connectivity index is 2.68. The van der Waals surface area contributed by atoms with Gasteiger partial charge in [0.05, 0.1) is 12.1 Å². The normalized spacial score (nSPS) is 10.1. The molecule has 5 heteroatoms. The van der Waals surface area contributed by atoms with Gasteiger partial charge in [-0.2, -0.15) is 0 Å². The number of ether oxygens (including phenoxy) is 1. The molecule has 1 rings (SSSR count). The van der Waals surface area contributed by atoms with Crippen molar-refractivity contribution in [3.05, 3.63) is 23.2 Å². The summed E-state index contributed by atoms with van der Waals surface area (Å²) in [6, 6.07) is 5.73. The summed E-state index contributed by atoms with van der Waals surface area (Å²) in [6.45, 7) is 4.05. The molecule has 0 spiro atoms. The fourth-order valence-corrected chi connectivity index (χ4v) is 1.78. The topological polar surface area (TPSA) is 33.3 Å². The van der Waals surface area contributed by atoms with Gasteiger partial charge in [-0.15, -0.1) is 0 Å². The van der Waals surface area contributed by atoms with Crippen molar-refractivity contribution in [2.75, 3.05) is 12.4 Å². The van der Waals surface area contributed by atoms with Gasteiger partial charge in [0.15, 0.2) is 5.11 Å². The fourth-order valence-electron chi connectivity index (χ4n) is 1.17. The zero-order valence-electron chi connectivity index (χ0n) is 9.50. The van der Waals surface area contributed by atoms with Crippen molar-refractivity contribution in [1.82, 2.24) is 5.32 Å². The molecule has 0 unspecified atom stereocenters. The zero-order chi connectivity index (χ0) is 12.1. The van der Waals surface area contributed by atoms with Gasteiger partial charge in [0, 0.05) is 11.7 Å². The summed E-state index contributed by atoms with van der Waals surface area (Å²) in [5, 5.41) is 7.27. The molecule has 0 heterocycles. The summed E-state index contributed by atoms with van der Waals surface area (Å²) in [4.78, 5) is 0. The third-order valence-corrected chi connectivity index (χ3v) is 2.34. The van der Waals surface area contributed by atoms with E-state index in [4.69, 9.17) is 28.6 Å². The molecule has 1 aromatic rings. The van der Waals surface area contributed by atoms with Crippen molar-refractivity contribution in [3.63, 3.8) is 0 Å². The van der Waals surface area contributed by atoms with Gasteiger partial charge in [-0.1, -0.05) is 11.6 Å². The Labute approximate surface area is 106 Å². The molecule has 3 nitrogen and oxygen atoms in total. The molecule has 0 aromatic heterocycles. The van der Waals surface area contributed by atoms with Crippen molar-refractivity contribution in [2.24, 2.45) is 0 Å². The number of thiocarbonyl (C=S) groups is 1. The SMILES string of the molecule is COc1ccc(NC(=S)NC(C)C)cc1Cl. The predicted molar refractivity (Wildman–Crippen MR) is 72.5 cm³/mol. The Hall–Kier alpha value is -1.00. The Morgan fingerprint density at radius 3 is 2.62 bits per heavy atom. The van der Waals surface area contributed by atoms with Crippen molar-refractivity contribution in [2.45, 2.75) is 19.9 Å². The Bertz CT molecular complexity index is 382. The van der Waals surface area contributed by atoms with E-state index in [1.165, 1.54) is 0 Å². The minimum absolute atomic E-state index is 0.300. The first kappa shape index (κ1) is 13.1. The van der Waals surface area contributed by atoms with Crippen LogP contribution in [0.4, 0.5) is 5.69 Å². The van der Waals surface area contributed by atoms with Gasteiger partial charge < -0.3 is 15.4 Å². The first-order chi connectivity index (χ1) is 7.52. The first-order valence-electron chi connectivity index (χ1n) is 4.94. The maximum Gasteiger partial charge on any atom is 0.170 e. The molecule has 0 fully saturated rings. The second-order valence-electron chi connectivity index (χ2n) is 3.60. The predicted octanol–water partition coefficient (Wildman–Crippen LogP) is 3.04. The van der Waals surface area contributed by atoms with E-state index in [0.717, 1.165) is 5.69 Å². The molecule has 1 aromatic carbocycles. The zero-order valence-corrected chi connectivity index (χ0v) is 11.1. The molecule has 0 atom stereocenters. The summed E-state index contributed by atoms with van der Waals surface area (Å²) in [5.74, 6) is 0.648. The molecule has 0 aliphatic rings. The van der Waals surface area contributed by atoms with Crippen LogP contribution in [-0.4, -0.2) is 18.3 Å². The number of halogens is 1. The average molecular weight is 259 g/mol. The lowest BCUT2D eigenvalue weighted by Crippen LogP contribution is -2.33. The highest BCUT2D eigenvalue weighted by molar-refractivity contribution is 7.80. The fraction of sp³-hybridized carbons (Fsp3) is 0.364. The van der Waals surface area contributed by atoms with Gasteiger partial charge in [0.1, 0.15) is 5.75 Å². The van der Waals surface area contributed by atoms with Crippen LogP contribution in [0.2, 0.25) is 5.02 Å². The van der Waals surface area contributed by atoms with Crippen molar-refractivity contribution < 1.29 is 4.74 Å². The highest BCUT2D eigenvalue weighted by atomic mass is 35.5. The largest absolute Gasteiger partial charge is 0.495 e. The van der Waals surface area contributed by atoms with Gasteiger partial charge in [0.25, 0.3) is 0 Å². The molecule has 0 radical (unpaired) electrons. The maximum atomic E-state index is 5.99. The maximum absolute atomic E-state index is 5.99.